The third-order valence-electron chi connectivity index (χ3n) is 12.8. The Kier molecular flexibility index (Phi) is 6.50. The molecule has 0 amide bonds. The number of hydrogen-bond donors (Lipinski definition) is 0. The topological polar surface area (TPSA) is 51.8 Å². The second-order valence-corrected chi connectivity index (χ2v) is 15.6. The van der Waals surface area contributed by atoms with Crippen LogP contribution >= 0.6 is 0 Å². The highest BCUT2D eigenvalue weighted by atomic mass is 15.3. The zero-order valence-electron chi connectivity index (χ0n) is 29.9. The van der Waals surface area contributed by atoms with E-state index in [-0.39, 0.29) is 0 Å². The quantitative estimate of drug-likeness (QED) is 0.180. The van der Waals surface area contributed by atoms with E-state index in [0.29, 0.717) is 29.8 Å². The summed E-state index contributed by atoms with van der Waals surface area (Å²) in [4.78, 5) is 19.1. The Balaban J connectivity index is 1.14. The summed E-state index contributed by atoms with van der Waals surface area (Å²) in [6.45, 7) is 0. The average molecular weight is 699 g/mol. The Hall–Kier alpha value is -6.27. The van der Waals surface area contributed by atoms with Crippen LogP contribution < -0.4 is 4.90 Å². The molecule has 260 valence electrons. The van der Waals surface area contributed by atoms with Crippen molar-refractivity contribution in [3.05, 3.63) is 146 Å². The molecule has 3 aliphatic rings. The van der Waals surface area contributed by atoms with Crippen molar-refractivity contribution >= 4 is 49.3 Å². The number of fused-ring (bicyclic) bond motifs is 8. The smallest absolute Gasteiger partial charge is 0.240 e. The summed E-state index contributed by atoms with van der Waals surface area (Å²) in [5.41, 5.74) is 9.01. The predicted octanol–water partition coefficient (Wildman–Crippen LogP) is 11.2. The molecule has 0 radical (unpaired) electrons. The number of rotatable bonds is 5. The molecule has 4 heterocycles. The van der Waals surface area contributed by atoms with Crippen molar-refractivity contribution in [1.82, 2.24) is 24.1 Å². The van der Waals surface area contributed by atoms with Gasteiger partial charge in [-0.05, 0) is 97.5 Å². The number of para-hydroxylation sites is 4. The van der Waals surface area contributed by atoms with E-state index in [1.165, 1.54) is 70.5 Å². The second kappa shape index (κ2) is 11.6. The van der Waals surface area contributed by atoms with Crippen LogP contribution in [0.1, 0.15) is 32.1 Å². The Morgan fingerprint density at radius 2 is 0.981 bits per heavy atom. The summed E-state index contributed by atoms with van der Waals surface area (Å²) in [5, 5.41) is 4.71. The van der Waals surface area contributed by atoms with E-state index >= 15 is 0 Å². The summed E-state index contributed by atoms with van der Waals surface area (Å²) >= 11 is 0. The molecule has 6 nitrogen and oxygen atoms in total. The standard InChI is InChI=1S/C48H38N6/c1-2-12-30(13-3-1)32-23-25-45-40(29-32)38-16-6-10-20-43(38)54(45)48-50-46(39-17-7-11-21-44(39)52-34-24-22-31-26-35(52)28-33(31)27-34)49-47(51-48)53-41-18-8-4-14-36(41)37-15-5-9-19-42(37)53/h1-21,23,25,29,31,33-35H,22,24,26-28H2. The zero-order valence-corrected chi connectivity index (χ0v) is 29.9. The maximum absolute atomic E-state index is 5.48. The van der Waals surface area contributed by atoms with Gasteiger partial charge in [0.05, 0.1) is 22.1 Å². The monoisotopic (exact) mass is 698 g/mol. The van der Waals surface area contributed by atoms with Gasteiger partial charge in [0.15, 0.2) is 5.82 Å². The first kappa shape index (κ1) is 30.2. The number of anilines is 1. The molecular formula is C48H38N6. The van der Waals surface area contributed by atoms with Crippen molar-refractivity contribution < 1.29 is 0 Å². The van der Waals surface area contributed by atoms with Crippen LogP contribution in [0, 0.1) is 11.8 Å². The van der Waals surface area contributed by atoms with Crippen LogP contribution in [0.25, 0.3) is 78.0 Å². The average Bonchev–Trinajstić information content (AvgIpc) is 3.84. The van der Waals surface area contributed by atoms with Gasteiger partial charge >= 0.3 is 0 Å². The van der Waals surface area contributed by atoms with Crippen LogP contribution in [-0.4, -0.2) is 36.2 Å². The van der Waals surface area contributed by atoms with Gasteiger partial charge in [-0.2, -0.15) is 15.0 Å². The predicted molar refractivity (Wildman–Crippen MR) is 219 cm³/mol. The SMILES string of the molecule is c1ccc(-c2ccc3c(c2)c2ccccc2n3-c2nc(-c3ccccc3N3C4CCC5CC3CC5C4)nc(-n3c4ccccc4c4ccccc43)n2)cc1. The molecule has 4 atom stereocenters. The number of aromatic nitrogens is 5. The number of hydrogen-bond acceptors (Lipinski definition) is 4. The summed E-state index contributed by atoms with van der Waals surface area (Å²) in [6.07, 6.45) is 6.54. The van der Waals surface area contributed by atoms with Gasteiger partial charge in [-0.25, -0.2) is 0 Å². The lowest BCUT2D eigenvalue weighted by molar-refractivity contribution is 0.234. The molecule has 6 aromatic carbocycles. The minimum Gasteiger partial charge on any atom is -0.365 e. The van der Waals surface area contributed by atoms with Crippen LogP contribution in [0.5, 0.6) is 0 Å². The van der Waals surface area contributed by atoms with E-state index in [2.05, 4.69) is 160 Å². The largest absolute Gasteiger partial charge is 0.365 e. The van der Waals surface area contributed by atoms with E-state index < -0.39 is 0 Å². The minimum atomic E-state index is 0.572. The lowest BCUT2D eigenvalue weighted by atomic mass is 9.78. The molecule has 54 heavy (non-hydrogen) atoms. The zero-order chi connectivity index (χ0) is 35.3. The molecule has 1 aliphatic heterocycles. The van der Waals surface area contributed by atoms with E-state index in [0.717, 1.165) is 39.5 Å². The molecule has 3 aromatic heterocycles. The second-order valence-electron chi connectivity index (χ2n) is 15.6. The molecule has 2 aliphatic carbocycles. The van der Waals surface area contributed by atoms with Crippen molar-refractivity contribution in [2.45, 2.75) is 44.2 Å². The van der Waals surface area contributed by atoms with Gasteiger partial charge in [-0.15, -0.1) is 0 Å². The van der Waals surface area contributed by atoms with Crippen molar-refractivity contribution in [3.63, 3.8) is 0 Å². The highest BCUT2D eigenvalue weighted by Crippen LogP contribution is 2.53. The van der Waals surface area contributed by atoms with Crippen LogP contribution in [0.3, 0.4) is 0 Å². The summed E-state index contributed by atoms with van der Waals surface area (Å²) < 4.78 is 4.47. The van der Waals surface area contributed by atoms with Crippen LogP contribution in [0.4, 0.5) is 5.69 Å². The van der Waals surface area contributed by atoms with Crippen LogP contribution in [-0.2, 0) is 0 Å². The van der Waals surface area contributed by atoms with Crippen molar-refractivity contribution in [3.8, 4) is 34.4 Å². The molecule has 12 rings (SSSR count). The van der Waals surface area contributed by atoms with Crippen molar-refractivity contribution in [1.29, 1.82) is 0 Å². The van der Waals surface area contributed by atoms with Gasteiger partial charge in [-0.1, -0.05) is 103 Å². The molecule has 3 bridgehead atoms. The highest BCUT2D eigenvalue weighted by Gasteiger charge is 2.49. The van der Waals surface area contributed by atoms with Crippen LogP contribution in [0.2, 0.25) is 0 Å². The van der Waals surface area contributed by atoms with Crippen molar-refractivity contribution in [2.75, 3.05) is 4.90 Å². The maximum Gasteiger partial charge on any atom is 0.240 e. The minimum absolute atomic E-state index is 0.572. The Morgan fingerprint density at radius 3 is 1.69 bits per heavy atom. The number of piperidine rings is 1. The molecule has 6 heteroatoms. The molecule has 9 aromatic rings. The molecule has 3 fully saturated rings. The van der Waals surface area contributed by atoms with Gasteiger partial charge < -0.3 is 4.90 Å². The highest BCUT2D eigenvalue weighted by molar-refractivity contribution is 6.11. The van der Waals surface area contributed by atoms with Gasteiger partial charge in [0, 0.05) is 44.9 Å². The fraction of sp³-hybridized carbons (Fsp3) is 0.188. The molecule has 1 saturated heterocycles. The van der Waals surface area contributed by atoms with Crippen molar-refractivity contribution in [2.24, 2.45) is 11.8 Å². The Bertz CT molecular complexity index is 2860. The molecule has 4 unspecified atom stereocenters. The fourth-order valence-electron chi connectivity index (χ4n) is 10.6. The van der Waals surface area contributed by atoms with Gasteiger partial charge in [0.2, 0.25) is 11.9 Å². The Morgan fingerprint density at radius 1 is 0.426 bits per heavy atom. The van der Waals surface area contributed by atoms with Crippen LogP contribution in [0.15, 0.2) is 146 Å². The third kappa shape index (κ3) is 4.43. The summed E-state index contributed by atoms with van der Waals surface area (Å²) in [5.74, 6) is 3.71. The lowest BCUT2D eigenvalue weighted by Gasteiger charge is -2.45. The molecule has 0 N–H and O–H groups in total. The van der Waals surface area contributed by atoms with E-state index in [9.17, 15) is 0 Å². The van der Waals surface area contributed by atoms with Gasteiger partial charge in [0.25, 0.3) is 0 Å². The van der Waals surface area contributed by atoms with E-state index in [4.69, 9.17) is 15.0 Å². The summed E-state index contributed by atoms with van der Waals surface area (Å²) in [6, 6.07) is 53.3. The number of benzene rings is 6. The normalized spacial score (nSPS) is 20.6. The van der Waals surface area contributed by atoms with Gasteiger partial charge in [0.1, 0.15) is 0 Å². The van der Waals surface area contributed by atoms with E-state index in [1.807, 2.05) is 0 Å². The molecule has 0 spiro atoms. The first-order chi connectivity index (χ1) is 26.8. The number of nitrogens with zero attached hydrogens (tertiary/aromatic N) is 6. The summed E-state index contributed by atoms with van der Waals surface area (Å²) in [7, 11) is 0. The lowest BCUT2D eigenvalue weighted by Crippen LogP contribution is -2.47. The molecular weight excluding hydrogens is 661 g/mol. The fourth-order valence-corrected chi connectivity index (χ4v) is 10.6. The first-order valence-corrected chi connectivity index (χ1v) is 19.5. The first-order valence-electron chi connectivity index (χ1n) is 19.5. The Labute approximate surface area is 313 Å². The van der Waals surface area contributed by atoms with E-state index in [1.54, 1.807) is 0 Å². The maximum atomic E-state index is 5.48. The third-order valence-corrected chi connectivity index (χ3v) is 12.8. The molecule has 2 saturated carbocycles. The van der Waals surface area contributed by atoms with Gasteiger partial charge in [-0.3, -0.25) is 9.13 Å².